The highest BCUT2D eigenvalue weighted by molar-refractivity contribution is 9.10. The van der Waals surface area contributed by atoms with Crippen molar-refractivity contribution in [3.8, 4) is 5.75 Å². The SMILES string of the molecule is COc1ccc(Br)cc1NC1COCc2ccccc21. The molecule has 0 fully saturated rings. The van der Waals surface area contributed by atoms with Gasteiger partial charge >= 0.3 is 0 Å². The molecule has 1 aliphatic rings. The second kappa shape index (κ2) is 5.85. The molecular formula is C16H16BrNO2. The van der Waals surface area contributed by atoms with E-state index < -0.39 is 0 Å². The lowest BCUT2D eigenvalue weighted by atomic mass is 9.99. The van der Waals surface area contributed by atoms with Crippen molar-refractivity contribution in [3.05, 3.63) is 58.1 Å². The molecule has 3 nitrogen and oxygen atoms in total. The molecule has 1 N–H and O–H groups in total. The minimum atomic E-state index is 0.142. The number of ether oxygens (including phenoxy) is 2. The molecular weight excluding hydrogens is 318 g/mol. The summed E-state index contributed by atoms with van der Waals surface area (Å²) in [6.07, 6.45) is 0. The van der Waals surface area contributed by atoms with Gasteiger partial charge in [0.2, 0.25) is 0 Å². The Bertz CT molecular complexity index is 615. The van der Waals surface area contributed by atoms with Crippen molar-refractivity contribution in [2.24, 2.45) is 0 Å². The molecule has 0 radical (unpaired) electrons. The summed E-state index contributed by atoms with van der Waals surface area (Å²) in [6, 6.07) is 14.5. The second-order valence-electron chi connectivity index (χ2n) is 4.76. The maximum absolute atomic E-state index is 5.67. The first kappa shape index (κ1) is 13.5. The minimum Gasteiger partial charge on any atom is -0.495 e. The maximum atomic E-state index is 5.67. The monoisotopic (exact) mass is 333 g/mol. The zero-order valence-electron chi connectivity index (χ0n) is 11.2. The van der Waals surface area contributed by atoms with E-state index in [1.807, 2.05) is 24.3 Å². The Labute approximate surface area is 127 Å². The van der Waals surface area contributed by atoms with E-state index in [1.54, 1.807) is 7.11 Å². The Morgan fingerprint density at radius 1 is 1.25 bits per heavy atom. The van der Waals surface area contributed by atoms with Crippen molar-refractivity contribution in [2.75, 3.05) is 19.0 Å². The van der Waals surface area contributed by atoms with Crippen LogP contribution < -0.4 is 10.1 Å². The number of rotatable bonds is 3. The summed E-state index contributed by atoms with van der Waals surface area (Å²) in [5, 5.41) is 3.52. The molecule has 2 aromatic carbocycles. The Hall–Kier alpha value is -1.52. The molecule has 0 saturated heterocycles. The predicted molar refractivity (Wildman–Crippen MR) is 83.2 cm³/mol. The smallest absolute Gasteiger partial charge is 0.142 e. The van der Waals surface area contributed by atoms with E-state index in [-0.39, 0.29) is 6.04 Å². The van der Waals surface area contributed by atoms with Gasteiger partial charge in [-0.05, 0) is 29.3 Å². The van der Waals surface area contributed by atoms with Crippen LogP contribution in [-0.2, 0) is 11.3 Å². The van der Waals surface area contributed by atoms with E-state index in [0.29, 0.717) is 13.2 Å². The molecule has 0 amide bonds. The first-order chi connectivity index (χ1) is 9.78. The Kier molecular flexibility index (Phi) is 3.94. The van der Waals surface area contributed by atoms with Crippen LogP contribution in [0.15, 0.2) is 46.9 Å². The normalized spacial score (nSPS) is 17.4. The fourth-order valence-corrected chi connectivity index (χ4v) is 2.84. The van der Waals surface area contributed by atoms with Gasteiger partial charge in [-0.3, -0.25) is 0 Å². The van der Waals surface area contributed by atoms with E-state index >= 15 is 0 Å². The van der Waals surface area contributed by atoms with Crippen molar-refractivity contribution in [2.45, 2.75) is 12.6 Å². The van der Waals surface area contributed by atoms with Crippen molar-refractivity contribution in [1.82, 2.24) is 0 Å². The number of hydrogen-bond donors (Lipinski definition) is 1. The van der Waals surface area contributed by atoms with Gasteiger partial charge in [0.25, 0.3) is 0 Å². The van der Waals surface area contributed by atoms with Gasteiger partial charge < -0.3 is 14.8 Å². The number of benzene rings is 2. The number of methoxy groups -OCH3 is 1. The quantitative estimate of drug-likeness (QED) is 0.915. The van der Waals surface area contributed by atoms with Crippen LogP contribution in [0.5, 0.6) is 5.75 Å². The van der Waals surface area contributed by atoms with Gasteiger partial charge in [-0.25, -0.2) is 0 Å². The molecule has 1 atom stereocenters. The van der Waals surface area contributed by atoms with Gasteiger partial charge in [0.1, 0.15) is 5.75 Å². The molecule has 1 heterocycles. The van der Waals surface area contributed by atoms with Gasteiger partial charge in [0.15, 0.2) is 0 Å². The minimum absolute atomic E-state index is 0.142. The summed E-state index contributed by atoms with van der Waals surface area (Å²) in [7, 11) is 1.68. The standard InChI is InChI=1S/C16H16BrNO2/c1-19-16-7-6-12(17)8-14(16)18-15-10-20-9-11-4-2-3-5-13(11)15/h2-8,15,18H,9-10H2,1H3. The van der Waals surface area contributed by atoms with Gasteiger partial charge in [-0.2, -0.15) is 0 Å². The third-order valence-corrected chi connectivity index (χ3v) is 3.96. The number of hydrogen-bond acceptors (Lipinski definition) is 3. The number of nitrogens with one attached hydrogen (secondary N) is 1. The van der Waals surface area contributed by atoms with E-state index in [2.05, 4.69) is 39.4 Å². The van der Waals surface area contributed by atoms with E-state index in [0.717, 1.165) is 15.9 Å². The van der Waals surface area contributed by atoms with Crippen LogP contribution in [0.3, 0.4) is 0 Å². The summed E-state index contributed by atoms with van der Waals surface area (Å²) in [4.78, 5) is 0. The lowest BCUT2D eigenvalue weighted by Gasteiger charge is -2.28. The van der Waals surface area contributed by atoms with E-state index in [4.69, 9.17) is 9.47 Å². The Morgan fingerprint density at radius 2 is 2.10 bits per heavy atom. The van der Waals surface area contributed by atoms with Gasteiger partial charge in [0, 0.05) is 4.47 Å². The highest BCUT2D eigenvalue weighted by Crippen LogP contribution is 2.33. The summed E-state index contributed by atoms with van der Waals surface area (Å²) in [5.74, 6) is 0.830. The largest absolute Gasteiger partial charge is 0.495 e. The maximum Gasteiger partial charge on any atom is 0.142 e. The van der Waals surface area contributed by atoms with Crippen LogP contribution >= 0.6 is 15.9 Å². The molecule has 1 aliphatic heterocycles. The third-order valence-electron chi connectivity index (χ3n) is 3.46. The number of fused-ring (bicyclic) bond motifs is 1. The lowest BCUT2D eigenvalue weighted by molar-refractivity contribution is 0.0969. The predicted octanol–water partition coefficient (Wildman–Crippen LogP) is 4.14. The summed E-state index contributed by atoms with van der Waals surface area (Å²) >= 11 is 3.50. The summed E-state index contributed by atoms with van der Waals surface area (Å²) in [6.45, 7) is 1.34. The van der Waals surface area contributed by atoms with Crippen LogP contribution in [0.2, 0.25) is 0 Å². The first-order valence-electron chi connectivity index (χ1n) is 6.53. The fraction of sp³-hybridized carbons (Fsp3) is 0.250. The summed E-state index contributed by atoms with van der Waals surface area (Å²) < 4.78 is 12.1. The Morgan fingerprint density at radius 3 is 2.95 bits per heavy atom. The molecule has 104 valence electrons. The molecule has 0 spiro atoms. The van der Waals surface area contributed by atoms with Crippen molar-refractivity contribution in [3.63, 3.8) is 0 Å². The highest BCUT2D eigenvalue weighted by Gasteiger charge is 2.21. The average molecular weight is 334 g/mol. The van der Waals surface area contributed by atoms with Gasteiger partial charge in [-0.1, -0.05) is 40.2 Å². The zero-order chi connectivity index (χ0) is 13.9. The lowest BCUT2D eigenvalue weighted by Crippen LogP contribution is -2.23. The fourth-order valence-electron chi connectivity index (χ4n) is 2.48. The van der Waals surface area contributed by atoms with Crippen LogP contribution in [0, 0.1) is 0 Å². The number of anilines is 1. The van der Waals surface area contributed by atoms with Gasteiger partial charge in [0.05, 0.1) is 32.1 Å². The average Bonchev–Trinajstić information content (AvgIpc) is 2.48. The van der Waals surface area contributed by atoms with Gasteiger partial charge in [-0.15, -0.1) is 0 Å². The van der Waals surface area contributed by atoms with Crippen molar-refractivity contribution < 1.29 is 9.47 Å². The van der Waals surface area contributed by atoms with Crippen LogP contribution in [0.1, 0.15) is 17.2 Å². The molecule has 20 heavy (non-hydrogen) atoms. The molecule has 1 unspecified atom stereocenters. The molecule has 2 aromatic rings. The zero-order valence-corrected chi connectivity index (χ0v) is 12.8. The molecule has 3 rings (SSSR count). The van der Waals surface area contributed by atoms with E-state index in [1.165, 1.54) is 11.1 Å². The van der Waals surface area contributed by atoms with E-state index in [9.17, 15) is 0 Å². The topological polar surface area (TPSA) is 30.5 Å². The second-order valence-corrected chi connectivity index (χ2v) is 5.67. The van der Waals surface area contributed by atoms with Crippen molar-refractivity contribution >= 4 is 21.6 Å². The van der Waals surface area contributed by atoms with Crippen LogP contribution in [0.4, 0.5) is 5.69 Å². The van der Waals surface area contributed by atoms with Crippen LogP contribution in [-0.4, -0.2) is 13.7 Å². The molecule has 0 saturated carbocycles. The molecule has 0 aliphatic carbocycles. The Balaban J connectivity index is 1.91. The summed E-state index contributed by atoms with van der Waals surface area (Å²) in [5.41, 5.74) is 3.50. The third kappa shape index (κ3) is 2.67. The highest BCUT2D eigenvalue weighted by atomic mass is 79.9. The molecule has 0 bridgehead atoms. The molecule has 0 aromatic heterocycles. The van der Waals surface area contributed by atoms with Crippen LogP contribution in [0.25, 0.3) is 0 Å². The van der Waals surface area contributed by atoms with Crippen molar-refractivity contribution in [1.29, 1.82) is 0 Å². The first-order valence-corrected chi connectivity index (χ1v) is 7.33. The number of halogens is 1. The molecule has 4 heteroatoms.